The van der Waals surface area contributed by atoms with Crippen molar-refractivity contribution in [1.29, 1.82) is 0 Å². The van der Waals surface area contributed by atoms with Crippen molar-refractivity contribution in [3.8, 4) is 5.75 Å². The highest BCUT2D eigenvalue weighted by atomic mass is 16.6. The van der Waals surface area contributed by atoms with Crippen LogP contribution in [0.3, 0.4) is 0 Å². The third kappa shape index (κ3) is 2.52. The first kappa shape index (κ1) is 14.1. The second-order valence-electron chi connectivity index (χ2n) is 5.25. The van der Waals surface area contributed by atoms with Gasteiger partial charge in [-0.3, -0.25) is 10.1 Å². The molecular weight excluding hydrogens is 284 g/mol. The lowest BCUT2D eigenvalue weighted by Crippen LogP contribution is -2.46. The number of aromatic amines is 1. The largest absolute Gasteiger partial charge is 0.465 e. The highest BCUT2D eigenvalue weighted by Crippen LogP contribution is 2.34. The number of nitrogens with zero attached hydrogens (tertiary/aromatic N) is 3. The van der Waals surface area contributed by atoms with Crippen LogP contribution in [0.4, 0.5) is 17.2 Å². The van der Waals surface area contributed by atoms with Crippen molar-refractivity contribution in [2.24, 2.45) is 4.99 Å². The SMILES string of the molecule is CC(C)N1c2cc[nH]c2N=CC1Oc1cccc([N+](=O)[O-])c1. The Kier molecular flexibility index (Phi) is 3.54. The average molecular weight is 300 g/mol. The van der Waals surface area contributed by atoms with E-state index < -0.39 is 11.2 Å². The molecule has 0 spiro atoms. The van der Waals surface area contributed by atoms with E-state index in [1.165, 1.54) is 12.1 Å². The van der Waals surface area contributed by atoms with Crippen LogP contribution in [0.2, 0.25) is 0 Å². The van der Waals surface area contributed by atoms with E-state index >= 15 is 0 Å². The minimum absolute atomic E-state index is 0.00341. The molecule has 0 saturated heterocycles. The van der Waals surface area contributed by atoms with E-state index in [2.05, 4.69) is 28.7 Å². The quantitative estimate of drug-likeness (QED) is 0.694. The maximum atomic E-state index is 10.9. The molecule has 0 radical (unpaired) electrons. The number of benzene rings is 1. The van der Waals surface area contributed by atoms with Gasteiger partial charge in [-0.05, 0) is 26.0 Å². The Morgan fingerprint density at radius 3 is 2.95 bits per heavy atom. The van der Waals surface area contributed by atoms with Gasteiger partial charge in [-0.1, -0.05) is 6.07 Å². The van der Waals surface area contributed by atoms with E-state index in [9.17, 15) is 10.1 Å². The van der Waals surface area contributed by atoms with E-state index in [1.807, 2.05) is 12.3 Å². The average Bonchev–Trinajstić information content (AvgIpc) is 2.95. The fourth-order valence-corrected chi connectivity index (χ4v) is 2.48. The fraction of sp³-hybridized carbons (Fsp3) is 0.267. The molecule has 0 amide bonds. The number of rotatable bonds is 4. The van der Waals surface area contributed by atoms with Gasteiger partial charge in [-0.2, -0.15) is 0 Å². The third-order valence-corrected chi connectivity index (χ3v) is 3.43. The summed E-state index contributed by atoms with van der Waals surface area (Å²) in [6.07, 6.45) is 3.11. The molecule has 1 unspecified atom stereocenters. The van der Waals surface area contributed by atoms with E-state index in [0.29, 0.717) is 5.75 Å². The number of fused-ring (bicyclic) bond motifs is 1. The summed E-state index contributed by atoms with van der Waals surface area (Å²) in [5.74, 6) is 1.22. The third-order valence-electron chi connectivity index (χ3n) is 3.43. The van der Waals surface area contributed by atoms with Crippen LogP contribution in [-0.4, -0.2) is 28.4 Å². The normalized spacial score (nSPS) is 16.7. The Bertz CT molecular complexity index is 723. The number of aromatic nitrogens is 1. The smallest absolute Gasteiger partial charge is 0.273 e. The molecule has 114 valence electrons. The van der Waals surface area contributed by atoms with Gasteiger partial charge in [-0.15, -0.1) is 0 Å². The van der Waals surface area contributed by atoms with Crippen LogP contribution in [0, 0.1) is 10.1 Å². The van der Waals surface area contributed by atoms with Gasteiger partial charge < -0.3 is 14.6 Å². The number of aliphatic imine (C=N–C) groups is 1. The number of nitro benzene ring substituents is 1. The molecule has 3 rings (SSSR count). The number of hydrogen-bond donors (Lipinski definition) is 1. The van der Waals surface area contributed by atoms with Gasteiger partial charge >= 0.3 is 0 Å². The topological polar surface area (TPSA) is 83.8 Å². The summed E-state index contributed by atoms with van der Waals surface area (Å²) < 4.78 is 5.90. The summed E-state index contributed by atoms with van der Waals surface area (Å²) in [5, 5.41) is 10.9. The predicted octanol–water partition coefficient (Wildman–Crippen LogP) is 3.26. The summed E-state index contributed by atoms with van der Waals surface area (Å²) in [7, 11) is 0. The number of nitrogens with one attached hydrogen (secondary N) is 1. The first-order valence-corrected chi connectivity index (χ1v) is 6.97. The molecule has 7 heteroatoms. The predicted molar refractivity (Wildman–Crippen MR) is 84.1 cm³/mol. The molecule has 0 saturated carbocycles. The van der Waals surface area contributed by atoms with E-state index in [0.717, 1.165) is 11.5 Å². The van der Waals surface area contributed by atoms with Crippen molar-refractivity contribution < 1.29 is 9.66 Å². The van der Waals surface area contributed by atoms with Gasteiger partial charge in [0.2, 0.25) is 6.23 Å². The highest BCUT2D eigenvalue weighted by molar-refractivity contribution is 5.82. The number of hydrogen-bond acceptors (Lipinski definition) is 5. The molecule has 2 heterocycles. The van der Waals surface area contributed by atoms with Crippen LogP contribution in [0.15, 0.2) is 41.5 Å². The van der Waals surface area contributed by atoms with Crippen LogP contribution in [0.25, 0.3) is 0 Å². The molecule has 7 nitrogen and oxygen atoms in total. The zero-order valence-corrected chi connectivity index (χ0v) is 12.3. The monoisotopic (exact) mass is 300 g/mol. The number of H-pyrrole nitrogens is 1. The van der Waals surface area contributed by atoms with Gasteiger partial charge in [0.15, 0.2) is 5.82 Å². The maximum Gasteiger partial charge on any atom is 0.273 e. The Morgan fingerprint density at radius 2 is 2.23 bits per heavy atom. The van der Waals surface area contributed by atoms with Crippen molar-refractivity contribution in [2.75, 3.05) is 4.90 Å². The second-order valence-corrected chi connectivity index (χ2v) is 5.25. The van der Waals surface area contributed by atoms with Gasteiger partial charge in [0.05, 0.1) is 22.9 Å². The van der Waals surface area contributed by atoms with Gasteiger partial charge in [0.1, 0.15) is 5.75 Å². The highest BCUT2D eigenvalue weighted by Gasteiger charge is 2.28. The summed E-state index contributed by atoms with van der Waals surface area (Å²) >= 11 is 0. The van der Waals surface area contributed by atoms with Crippen molar-refractivity contribution >= 4 is 23.4 Å². The van der Waals surface area contributed by atoms with E-state index in [4.69, 9.17) is 4.74 Å². The molecule has 22 heavy (non-hydrogen) atoms. The molecule has 1 aliphatic rings. The summed E-state index contributed by atoms with van der Waals surface area (Å²) in [4.78, 5) is 19.9. The first-order valence-electron chi connectivity index (χ1n) is 6.97. The van der Waals surface area contributed by atoms with Gasteiger partial charge in [0.25, 0.3) is 5.69 Å². The molecule has 1 aromatic heterocycles. The summed E-state index contributed by atoms with van der Waals surface area (Å²) in [6.45, 7) is 4.11. The van der Waals surface area contributed by atoms with Crippen LogP contribution in [0.5, 0.6) is 5.75 Å². The standard InChI is InChI=1S/C15H16N4O3/c1-10(2)18-13-6-7-16-15(13)17-9-14(18)22-12-5-3-4-11(8-12)19(20)21/h3-10,14,16H,1-2H3. The first-order chi connectivity index (χ1) is 10.6. The van der Waals surface area contributed by atoms with E-state index in [-0.39, 0.29) is 11.7 Å². The molecule has 1 N–H and O–H groups in total. The van der Waals surface area contributed by atoms with Gasteiger partial charge in [-0.25, -0.2) is 4.99 Å². The maximum absolute atomic E-state index is 10.9. The number of anilines is 1. The van der Waals surface area contributed by atoms with Crippen LogP contribution >= 0.6 is 0 Å². The van der Waals surface area contributed by atoms with Crippen LogP contribution in [-0.2, 0) is 0 Å². The summed E-state index contributed by atoms with van der Waals surface area (Å²) in [5.41, 5.74) is 0.955. The number of non-ortho nitro benzene ring substituents is 1. The van der Waals surface area contributed by atoms with Gasteiger partial charge in [0, 0.05) is 18.3 Å². The fourth-order valence-electron chi connectivity index (χ4n) is 2.48. The van der Waals surface area contributed by atoms with Crippen molar-refractivity contribution in [2.45, 2.75) is 26.1 Å². The number of nitro groups is 1. The minimum Gasteiger partial charge on any atom is -0.465 e. The molecule has 2 aromatic rings. The lowest BCUT2D eigenvalue weighted by molar-refractivity contribution is -0.384. The molecule has 1 aliphatic heterocycles. The Balaban J connectivity index is 1.88. The van der Waals surface area contributed by atoms with Crippen molar-refractivity contribution in [1.82, 2.24) is 4.98 Å². The van der Waals surface area contributed by atoms with Crippen LogP contribution < -0.4 is 9.64 Å². The molecule has 0 aliphatic carbocycles. The lowest BCUT2D eigenvalue weighted by atomic mass is 10.2. The summed E-state index contributed by atoms with van der Waals surface area (Å²) in [6, 6.07) is 8.28. The zero-order valence-electron chi connectivity index (χ0n) is 12.3. The van der Waals surface area contributed by atoms with E-state index in [1.54, 1.807) is 18.3 Å². The Hall–Kier alpha value is -2.83. The Labute approximate surface area is 127 Å². The lowest BCUT2D eigenvalue weighted by Gasteiger charge is -2.36. The minimum atomic E-state index is -0.438. The molecule has 0 bridgehead atoms. The molecule has 1 atom stereocenters. The zero-order chi connectivity index (χ0) is 15.7. The number of ether oxygens (including phenoxy) is 1. The van der Waals surface area contributed by atoms with Crippen molar-refractivity contribution in [3.63, 3.8) is 0 Å². The molecule has 1 aromatic carbocycles. The Morgan fingerprint density at radius 1 is 1.41 bits per heavy atom. The van der Waals surface area contributed by atoms with Crippen molar-refractivity contribution in [3.05, 3.63) is 46.6 Å². The van der Waals surface area contributed by atoms with Crippen LogP contribution in [0.1, 0.15) is 13.8 Å². The second kappa shape index (κ2) is 5.51. The molecule has 0 fully saturated rings. The molecular formula is C15H16N4O3.